The molecule has 0 radical (unpaired) electrons. The van der Waals surface area contributed by atoms with Gasteiger partial charge in [0.05, 0.1) is 29.2 Å². The minimum atomic E-state index is -0.876. The summed E-state index contributed by atoms with van der Waals surface area (Å²) in [6, 6.07) is 7.15. The van der Waals surface area contributed by atoms with Crippen molar-refractivity contribution in [2.24, 2.45) is 5.10 Å². The average Bonchev–Trinajstić information content (AvgIpc) is 2.62. The van der Waals surface area contributed by atoms with E-state index in [2.05, 4.69) is 5.10 Å². The number of ether oxygens (including phenoxy) is 1. The topological polar surface area (TPSA) is 160 Å². The standard InChI is InChI=1S/C15H12N4O7/c1-26-13-7-10(18(22)23)6-9(14(13)20)8-16-17-15(21)11-4-2-3-5-12(11)19(24)25/h2-8,20H,1H3,(H,17,21)/p-1. The molecule has 0 aromatic heterocycles. The van der Waals surface area contributed by atoms with Gasteiger partial charge in [-0.1, -0.05) is 17.9 Å². The molecule has 1 amide bonds. The molecule has 2 aromatic rings. The molecule has 0 atom stereocenters. The highest BCUT2D eigenvalue weighted by Crippen LogP contribution is 2.31. The molecule has 0 bridgehead atoms. The number of methoxy groups -OCH3 is 1. The summed E-state index contributed by atoms with van der Waals surface area (Å²) in [7, 11) is 1.18. The Morgan fingerprint density at radius 2 is 1.88 bits per heavy atom. The summed E-state index contributed by atoms with van der Waals surface area (Å²) in [5.74, 6) is -1.80. The van der Waals surface area contributed by atoms with E-state index in [-0.39, 0.29) is 16.9 Å². The molecule has 11 heteroatoms. The van der Waals surface area contributed by atoms with Crippen molar-refractivity contribution >= 4 is 23.5 Å². The van der Waals surface area contributed by atoms with Gasteiger partial charge in [0, 0.05) is 12.1 Å². The highest BCUT2D eigenvalue weighted by atomic mass is 16.6. The summed E-state index contributed by atoms with van der Waals surface area (Å²) in [4.78, 5) is 32.3. The number of nitro benzene ring substituents is 2. The lowest BCUT2D eigenvalue weighted by Crippen LogP contribution is -2.19. The maximum atomic E-state index is 12.0. The second kappa shape index (κ2) is 7.70. The van der Waals surface area contributed by atoms with Gasteiger partial charge in [-0.25, -0.2) is 5.43 Å². The van der Waals surface area contributed by atoms with Gasteiger partial charge in [0.15, 0.2) is 0 Å². The third-order valence-electron chi connectivity index (χ3n) is 3.21. The van der Waals surface area contributed by atoms with E-state index in [1.807, 2.05) is 5.43 Å². The zero-order chi connectivity index (χ0) is 19.3. The van der Waals surface area contributed by atoms with Gasteiger partial charge >= 0.3 is 0 Å². The molecule has 1 N–H and O–H groups in total. The molecule has 0 saturated carbocycles. The second-order valence-electron chi connectivity index (χ2n) is 4.80. The Hall–Kier alpha value is -4.02. The fourth-order valence-corrected chi connectivity index (χ4v) is 2.01. The highest BCUT2D eigenvalue weighted by Gasteiger charge is 2.18. The Morgan fingerprint density at radius 3 is 2.50 bits per heavy atom. The van der Waals surface area contributed by atoms with Crippen molar-refractivity contribution in [3.63, 3.8) is 0 Å². The molecule has 134 valence electrons. The predicted octanol–water partition coefficient (Wildman–Crippen LogP) is 1.35. The van der Waals surface area contributed by atoms with Gasteiger partial charge in [-0.2, -0.15) is 5.10 Å². The number of nitrogens with one attached hydrogen (secondary N) is 1. The molecule has 0 heterocycles. The van der Waals surface area contributed by atoms with Crippen molar-refractivity contribution in [1.82, 2.24) is 5.43 Å². The number of carbonyl (C=O) groups excluding carboxylic acids is 1. The summed E-state index contributed by atoms with van der Waals surface area (Å²) in [5, 5.41) is 37.3. The first-order valence-electron chi connectivity index (χ1n) is 6.95. The number of hydrogen-bond donors (Lipinski definition) is 1. The number of carbonyl (C=O) groups is 1. The van der Waals surface area contributed by atoms with Crippen LogP contribution in [0.2, 0.25) is 0 Å². The fourth-order valence-electron chi connectivity index (χ4n) is 2.01. The van der Waals surface area contributed by atoms with E-state index in [4.69, 9.17) is 4.74 Å². The van der Waals surface area contributed by atoms with Gasteiger partial charge in [0.1, 0.15) is 11.3 Å². The quantitative estimate of drug-likeness (QED) is 0.462. The first-order chi connectivity index (χ1) is 12.3. The minimum Gasteiger partial charge on any atom is -0.870 e. The predicted molar refractivity (Wildman–Crippen MR) is 87.3 cm³/mol. The monoisotopic (exact) mass is 359 g/mol. The molecule has 0 fully saturated rings. The summed E-state index contributed by atoms with van der Waals surface area (Å²) in [6.45, 7) is 0. The number of hydrogen-bond acceptors (Lipinski definition) is 8. The van der Waals surface area contributed by atoms with E-state index in [9.17, 15) is 30.1 Å². The lowest BCUT2D eigenvalue weighted by Gasteiger charge is -2.14. The minimum absolute atomic E-state index is 0.195. The number of nitro groups is 2. The van der Waals surface area contributed by atoms with Gasteiger partial charge in [0.2, 0.25) is 0 Å². The molecule has 2 aromatic carbocycles. The van der Waals surface area contributed by atoms with Crippen LogP contribution in [0.15, 0.2) is 41.5 Å². The molecule has 26 heavy (non-hydrogen) atoms. The van der Waals surface area contributed by atoms with E-state index in [1.54, 1.807) is 0 Å². The van der Waals surface area contributed by atoms with Crippen LogP contribution in [0.1, 0.15) is 15.9 Å². The molecule has 0 aliphatic rings. The number of rotatable bonds is 6. The molecule has 2 rings (SSSR count). The van der Waals surface area contributed by atoms with Crippen LogP contribution in [0.5, 0.6) is 11.5 Å². The zero-order valence-electron chi connectivity index (χ0n) is 13.2. The summed E-state index contributed by atoms with van der Waals surface area (Å²) < 4.78 is 4.77. The molecule has 11 nitrogen and oxygen atoms in total. The number of non-ortho nitro benzene ring substituents is 1. The number of amides is 1. The van der Waals surface area contributed by atoms with Crippen LogP contribution in [0, 0.1) is 20.2 Å². The average molecular weight is 359 g/mol. The zero-order valence-corrected chi connectivity index (χ0v) is 13.2. The first kappa shape index (κ1) is 18.3. The van der Waals surface area contributed by atoms with Crippen LogP contribution < -0.4 is 15.3 Å². The summed E-state index contributed by atoms with van der Waals surface area (Å²) >= 11 is 0. The molecular weight excluding hydrogens is 348 g/mol. The van der Waals surface area contributed by atoms with E-state index in [1.165, 1.54) is 25.3 Å². The third kappa shape index (κ3) is 3.90. The van der Waals surface area contributed by atoms with E-state index in [0.29, 0.717) is 0 Å². The normalized spacial score (nSPS) is 10.5. The van der Waals surface area contributed by atoms with Gasteiger partial charge in [0.25, 0.3) is 17.3 Å². The lowest BCUT2D eigenvalue weighted by atomic mass is 10.1. The van der Waals surface area contributed by atoms with Crippen molar-refractivity contribution in [2.45, 2.75) is 0 Å². The van der Waals surface area contributed by atoms with Crippen molar-refractivity contribution in [2.75, 3.05) is 7.11 Å². The van der Waals surface area contributed by atoms with E-state index < -0.39 is 32.9 Å². The Balaban J connectivity index is 2.26. The van der Waals surface area contributed by atoms with Crippen molar-refractivity contribution in [3.05, 3.63) is 67.8 Å². The van der Waals surface area contributed by atoms with Crippen LogP contribution in [-0.2, 0) is 0 Å². The molecule has 0 saturated heterocycles. The Kier molecular flexibility index (Phi) is 5.43. The number of nitrogens with zero attached hydrogens (tertiary/aromatic N) is 3. The fraction of sp³-hybridized carbons (Fsp3) is 0.0667. The maximum absolute atomic E-state index is 12.0. The summed E-state index contributed by atoms with van der Waals surface area (Å²) in [6.07, 6.45) is 0.893. The molecule has 0 aliphatic heterocycles. The largest absolute Gasteiger partial charge is 0.870 e. The van der Waals surface area contributed by atoms with Gasteiger partial charge in [-0.05, 0) is 11.6 Å². The van der Waals surface area contributed by atoms with Crippen molar-refractivity contribution < 1.29 is 24.5 Å². The van der Waals surface area contributed by atoms with Crippen LogP contribution in [0.4, 0.5) is 11.4 Å². The third-order valence-corrected chi connectivity index (χ3v) is 3.21. The molecule has 0 spiro atoms. The smallest absolute Gasteiger partial charge is 0.282 e. The van der Waals surface area contributed by atoms with Gasteiger partial charge in [-0.15, -0.1) is 0 Å². The van der Waals surface area contributed by atoms with E-state index in [0.717, 1.165) is 24.4 Å². The molecular formula is C15H11N4O7-. The number of hydrazone groups is 1. The number of benzene rings is 2. The second-order valence-corrected chi connectivity index (χ2v) is 4.80. The summed E-state index contributed by atoms with van der Waals surface area (Å²) in [5.41, 5.74) is 0.799. The van der Waals surface area contributed by atoms with Crippen molar-refractivity contribution in [3.8, 4) is 11.5 Å². The van der Waals surface area contributed by atoms with Crippen LogP contribution in [0.25, 0.3) is 0 Å². The van der Waals surface area contributed by atoms with Crippen LogP contribution >= 0.6 is 0 Å². The van der Waals surface area contributed by atoms with Crippen LogP contribution in [0.3, 0.4) is 0 Å². The van der Waals surface area contributed by atoms with Gasteiger partial charge in [-0.3, -0.25) is 25.0 Å². The van der Waals surface area contributed by atoms with E-state index >= 15 is 0 Å². The number of para-hydroxylation sites is 1. The first-order valence-corrected chi connectivity index (χ1v) is 6.95. The Labute approximate surface area is 145 Å². The SMILES string of the molecule is COc1cc([N+](=O)[O-])cc(C=NNC(=O)c2ccccc2[N+](=O)[O-])c1[O-]. The Bertz CT molecular complexity index is 911. The van der Waals surface area contributed by atoms with Crippen LogP contribution in [-0.4, -0.2) is 29.1 Å². The van der Waals surface area contributed by atoms with Crippen molar-refractivity contribution in [1.29, 1.82) is 0 Å². The Morgan fingerprint density at radius 1 is 1.19 bits per heavy atom. The van der Waals surface area contributed by atoms with Gasteiger partial charge < -0.3 is 9.84 Å². The highest BCUT2D eigenvalue weighted by molar-refractivity contribution is 5.98. The maximum Gasteiger partial charge on any atom is 0.282 e. The molecule has 0 aliphatic carbocycles. The lowest BCUT2D eigenvalue weighted by molar-refractivity contribution is -0.385. The molecule has 0 unspecified atom stereocenters.